The van der Waals surface area contributed by atoms with Crippen LogP contribution in [0, 0.1) is 6.92 Å². The largest absolute Gasteiger partial charge is 0.492 e. The molecule has 0 spiro atoms. The highest BCUT2D eigenvalue weighted by atomic mass is 79.9. The molecule has 0 aliphatic heterocycles. The molecule has 2 N–H and O–H groups in total. The number of hydrogen-bond acceptors (Lipinski definition) is 4. The highest BCUT2D eigenvalue weighted by molar-refractivity contribution is 9.10. The minimum Gasteiger partial charge on any atom is -0.492 e. The van der Waals surface area contributed by atoms with E-state index >= 15 is 0 Å². The molecular weight excluding hydrogens is 322 g/mol. The summed E-state index contributed by atoms with van der Waals surface area (Å²) in [6.45, 7) is 1.93. The lowest BCUT2D eigenvalue weighted by Gasteiger charge is -2.05. The number of aryl methyl sites for hydroxylation is 1. The van der Waals surface area contributed by atoms with Crippen LogP contribution in [0.25, 0.3) is 22.3 Å². The zero-order valence-electron chi connectivity index (χ0n) is 10.5. The molecule has 0 atom stereocenters. The van der Waals surface area contributed by atoms with Gasteiger partial charge >= 0.3 is 0 Å². The van der Waals surface area contributed by atoms with Gasteiger partial charge in [0.2, 0.25) is 5.88 Å². The Morgan fingerprint density at radius 1 is 1.20 bits per heavy atom. The normalized spacial score (nSPS) is 10.9. The Morgan fingerprint density at radius 2 is 2.00 bits per heavy atom. The SMILES string of the molecule is Cc1ccc2cc(-c3nc(O)c(Br)c(=O)[nH]3)ccc2n1. The van der Waals surface area contributed by atoms with Crippen LogP contribution in [0.2, 0.25) is 0 Å². The third-order valence-electron chi connectivity index (χ3n) is 2.95. The van der Waals surface area contributed by atoms with Crippen molar-refractivity contribution in [1.29, 1.82) is 0 Å². The molecule has 0 unspecified atom stereocenters. The number of halogens is 1. The van der Waals surface area contributed by atoms with Gasteiger partial charge in [0.15, 0.2) is 0 Å². The average Bonchev–Trinajstić information content (AvgIpc) is 2.43. The minimum absolute atomic E-state index is 0.0272. The fraction of sp³-hybridized carbons (Fsp3) is 0.0714. The van der Waals surface area contributed by atoms with Crippen LogP contribution in [0.3, 0.4) is 0 Å². The van der Waals surface area contributed by atoms with Gasteiger partial charge in [0.05, 0.1) is 5.52 Å². The summed E-state index contributed by atoms with van der Waals surface area (Å²) < 4.78 is 0.0272. The Labute approximate surface area is 122 Å². The summed E-state index contributed by atoms with van der Waals surface area (Å²) in [6.07, 6.45) is 0. The molecule has 2 heterocycles. The van der Waals surface area contributed by atoms with Crippen LogP contribution < -0.4 is 5.56 Å². The first-order chi connectivity index (χ1) is 9.54. The van der Waals surface area contributed by atoms with Gasteiger partial charge in [-0.1, -0.05) is 6.07 Å². The quantitative estimate of drug-likeness (QED) is 0.718. The van der Waals surface area contributed by atoms with E-state index in [0.717, 1.165) is 16.6 Å². The van der Waals surface area contributed by atoms with Gasteiger partial charge in [-0.15, -0.1) is 0 Å². The molecule has 3 rings (SSSR count). The Hall–Kier alpha value is -2.21. The van der Waals surface area contributed by atoms with Gasteiger partial charge < -0.3 is 10.1 Å². The van der Waals surface area contributed by atoms with Crippen molar-refractivity contribution in [3.05, 3.63) is 50.9 Å². The van der Waals surface area contributed by atoms with Gasteiger partial charge in [-0.05, 0) is 47.1 Å². The zero-order chi connectivity index (χ0) is 14.3. The van der Waals surface area contributed by atoms with Crippen LogP contribution in [0.4, 0.5) is 0 Å². The number of aromatic hydroxyl groups is 1. The minimum atomic E-state index is -0.422. The van der Waals surface area contributed by atoms with Gasteiger partial charge in [0.25, 0.3) is 5.56 Å². The van der Waals surface area contributed by atoms with E-state index in [1.165, 1.54) is 0 Å². The van der Waals surface area contributed by atoms with Crippen molar-refractivity contribution in [1.82, 2.24) is 15.0 Å². The summed E-state index contributed by atoms with van der Waals surface area (Å²) in [6, 6.07) is 9.41. The Balaban J connectivity index is 2.20. The molecule has 0 radical (unpaired) electrons. The van der Waals surface area contributed by atoms with Crippen LogP contribution in [0.1, 0.15) is 5.69 Å². The number of benzene rings is 1. The van der Waals surface area contributed by atoms with E-state index in [1.807, 2.05) is 31.2 Å². The van der Waals surface area contributed by atoms with Crippen LogP contribution in [-0.2, 0) is 0 Å². The average molecular weight is 332 g/mol. The number of pyridine rings is 1. The molecule has 6 heteroatoms. The van der Waals surface area contributed by atoms with Crippen molar-refractivity contribution in [2.45, 2.75) is 6.92 Å². The number of aromatic nitrogens is 3. The predicted molar refractivity (Wildman–Crippen MR) is 79.7 cm³/mol. The van der Waals surface area contributed by atoms with Gasteiger partial charge in [0.1, 0.15) is 10.3 Å². The number of H-pyrrole nitrogens is 1. The molecule has 0 saturated carbocycles. The molecule has 0 fully saturated rings. The summed E-state index contributed by atoms with van der Waals surface area (Å²) in [5.41, 5.74) is 2.10. The van der Waals surface area contributed by atoms with Crippen molar-refractivity contribution in [3.8, 4) is 17.3 Å². The van der Waals surface area contributed by atoms with Crippen molar-refractivity contribution in [2.24, 2.45) is 0 Å². The van der Waals surface area contributed by atoms with Gasteiger partial charge in [-0.25, -0.2) is 0 Å². The first kappa shape index (κ1) is 12.8. The number of nitrogens with one attached hydrogen (secondary N) is 1. The maximum Gasteiger partial charge on any atom is 0.269 e. The van der Waals surface area contributed by atoms with E-state index in [0.29, 0.717) is 11.4 Å². The Bertz CT molecular complexity index is 874. The first-order valence-corrected chi connectivity index (χ1v) is 6.70. The topological polar surface area (TPSA) is 78.9 Å². The fourth-order valence-corrected chi connectivity index (χ4v) is 2.15. The summed E-state index contributed by atoms with van der Waals surface area (Å²) >= 11 is 2.97. The van der Waals surface area contributed by atoms with Crippen LogP contribution >= 0.6 is 15.9 Å². The molecule has 0 amide bonds. The number of fused-ring (bicyclic) bond motifs is 1. The summed E-state index contributed by atoms with van der Waals surface area (Å²) in [4.78, 5) is 22.6. The van der Waals surface area contributed by atoms with E-state index in [-0.39, 0.29) is 10.4 Å². The molecule has 1 aromatic carbocycles. The van der Waals surface area contributed by atoms with E-state index in [1.54, 1.807) is 6.07 Å². The number of rotatable bonds is 1. The lowest BCUT2D eigenvalue weighted by Crippen LogP contribution is -2.09. The summed E-state index contributed by atoms with van der Waals surface area (Å²) in [5, 5.41) is 10.5. The molecule has 0 aliphatic carbocycles. The molecule has 0 aliphatic rings. The lowest BCUT2D eigenvalue weighted by atomic mass is 10.1. The smallest absolute Gasteiger partial charge is 0.269 e. The Kier molecular flexibility index (Phi) is 3.02. The molecule has 0 saturated heterocycles. The second-order valence-corrected chi connectivity index (χ2v) is 5.21. The van der Waals surface area contributed by atoms with Crippen LogP contribution in [-0.4, -0.2) is 20.1 Å². The third kappa shape index (κ3) is 2.18. The molecule has 100 valence electrons. The number of hydrogen-bond donors (Lipinski definition) is 2. The number of aromatic amines is 1. The predicted octanol–water partition coefficient (Wildman–Crippen LogP) is 2.76. The third-order valence-corrected chi connectivity index (χ3v) is 3.66. The zero-order valence-corrected chi connectivity index (χ0v) is 12.1. The molecule has 3 aromatic rings. The van der Waals surface area contributed by atoms with Crippen molar-refractivity contribution < 1.29 is 5.11 Å². The van der Waals surface area contributed by atoms with Crippen molar-refractivity contribution >= 4 is 26.8 Å². The summed E-state index contributed by atoms with van der Waals surface area (Å²) in [7, 11) is 0. The standard InChI is InChI=1S/C14H10BrN3O2/c1-7-2-3-8-6-9(4-5-10(8)16-7)12-17-13(19)11(15)14(20)18-12/h2-6H,1H3,(H2,17,18,19,20). The maximum atomic E-state index is 11.6. The monoisotopic (exact) mass is 331 g/mol. The van der Waals surface area contributed by atoms with Crippen molar-refractivity contribution in [2.75, 3.05) is 0 Å². The van der Waals surface area contributed by atoms with Crippen LogP contribution in [0.5, 0.6) is 5.88 Å². The van der Waals surface area contributed by atoms with E-state index in [2.05, 4.69) is 30.9 Å². The molecule has 5 nitrogen and oxygen atoms in total. The van der Waals surface area contributed by atoms with E-state index < -0.39 is 5.56 Å². The molecule has 0 bridgehead atoms. The lowest BCUT2D eigenvalue weighted by molar-refractivity contribution is 0.448. The Morgan fingerprint density at radius 3 is 2.75 bits per heavy atom. The van der Waals surface area contributed by atoms with Gasteiger partial charge in [-0.2, -0.15) is 4.98 Å². The van der Waals surface area contributed by atoms with Gasteiger partial charge in [-0.3, -0.25) is 9.78 Å². The highest BCUT2D eigenvalue weighted by Gasteiger charge is 2.09. The van der Waals surface area contributed by atoms with Crippen molar-refractivity contribution in [3.63, 3.8) is 0 Å². The van der Waals surface area contributed by atoms with E-state index in [4.69, 9.17) is 0 Å². The summed E-state index contributed by atoms with van der Waals surface area (Å²) in [5.74, 6) is -0.0101. The van der Waals surface area contributed by atoms with E-state index in [9.17, 15) is 9.90 Å². The maximum absolute atomic E-state index is 11.6. The first-order valence-electron chi connectivity index (χ1n) is 5.91. The van der Waals surface area contributed by atoms with Crippen LogP contribution in [0.15, 0.2) is 39.6 Å². The van der Waals surface area contributed by atoms with Gasteiger partial charge in [0, 0.05) is 16.6 Å². The molecular formula is C14H10BrN3O2. The second kappa shape index (κ2) is 4.72. The fourth-order valence-electron chi connectivity index (χ4n) is 1.96. The second-order valence-electron chi connectivity index (χ2n) is 4.41. The number of nitrogens with zero attached hydrogens (tertiary/aromatic N) is 2. The molecule has 2 aromatic heterocycles. The highest BCUT2D eigenvalue weighted by Crippen LogP contribution is 2.23. The molecule has 20 heavy (non-hydrogen) atoms.